The molecule has 0 fully saturated rings. The zero-order valence-electron chi connectivity index (χ0n) is 23.3. The van der Waals surface area contributed by atoms with Crippen LogP contribution in [0.2, 0.25) is 0 Å². The monoisotopic (exact) mass is 610 g/mol. The zero-order chi connectivity index (χ0) is 25.1. The Balaban J connectivity index is 0.00000190. The van der Waals surface area contributed by atoms with Gasteiger partial charge in [0.15, 0.2) is 0 Å². The molecule has 0 bridgehead atoms. The molecule has 0 N–H and O–H groups in total. The number of hydrogen-bond acceptors (Lipinski definition) is 1. The van der Waals surface area contributed by atoms with Gasteiger partial charge in [0.25, 0.3) is 0 Å². The van der Waals surface area contributed by atoms with Crippen molar-refractivity contribution in [3.05, 3.63) is 98.2 Å². The van der Waals surface area contributed by atoms with E-state index in [0.717, 1.165) is 6.42 Å². The average Bonchev–Trinajstić information content (AvgIpc) is 3.52. The summed E-state index contributed by atoms with van der Waals surface area (Å²) in [6.07, 6.45) is 9.51. The molecular weight excluding hydrogens is 574 g/mol. The van der Waals surface area contributed by atoms with Crippen molar-refractivity contribution in [2.24, 2.45) is 0 Å². The standard InChI is InChI=1S/C21H25.C9H7O.C3H6.2ClH.Zr/c1-20(2,3)16-9-7-14-11-15-8-10-17(21(4,5)6)13-19(15)18(14)12-16;1-2-4-8(3-1)9-5-6-10-7-9;1-3-2;;;/h7-13H,1-6H3;1,3,5-7H,2H2;1-2H3;2*1H;/q;;;;;+2/p-2. The summed E-state index contributed by atoms with van der Waals surface area (Å²) in [5.41, 5.74) is 11.8. The molecule has 0 amide bonds. The fourth-order valence-corrected chi connectivity index (χ4v) is 14.3. The van der Waals surface area contributed by atoms with Crippen molar-refractivity contribution < 1.29 is 50.5 Å². The van der Waals surface area contributed by atoms with Gasteiger partial charge in [-0.2, -0.15) is 0 Å². The Morgan fingerprint density at radius 3 is 1.78 bits per heavy atom. The van der Waals surface area contributed by atoms with E-state index in [1.54, 1.807) is 23.9 Å². The molecule has 0 radical (unpaired) electrons. The van der Waals surface area contributed by atoms with Gasteiger partial charge in [0.05, 0.1) is 0 Å². The van der Waals surface area contributed by atoms with E-state index in [-0.39, 0.29) is 35.6 Å². The largest absolute Gasteiger partial charge is 1.00 e. The van der Waals surface area contributed by atoms with E-state index < -0.39 is 21.3 Å². The van der Waals surface area contributed by atoms with Crippen LogP contribution in [0, 0.1) is 0 Å². The molecule has 2 aliphatic carbocycles. The van der Waals surface area contributed by atoms with E-state index >= 15 is 0 Å². The Kier molecular flexibility index (Phi) is 8.91. The molecule has 1 aromatic heterocycles. The normalized spacial score (nSPS) is 14.5. The van der Waals surface area contributed by atoms with E-state index in [1.807, 2.05) is 6.26 Å². The first-order valence-electron chi connectivity index (χ1n) is 12.9. The van der Waals surface area contributed by atoms with Crippen molar-refractivity contribution >= 4 is 8.78 Å². The van der Waals surface area contributed by atoms with Gasteiger partial charge in [0, 0.05) is 0 Å². The maximum absolute atomic E-state index is 5.49. The summed E-state index contributed by atoms with van der Waals surface area (Å²) in [5, 5.41) is 0. The van der Waals surface area contributed by atoms with Crippen LogP contribution >= 0.6 is 0 Å². The van der Waals surface area contributed by atoms with Crippen LogP contribution in [0.25, 0.3) is 16.7 Å². The van der Waals surface area contributed by atoms with Crippen LogP contribution in [0.1, 0.15) is 93.3 Å². The number of fused-ring (bicyclic) bond motifs is 3. The Labute approximate surface area is 243 Å². The first-order valence-corrected chi connectivity index (χ1v) is 16.7. The van der Waals surface area contributed by atoms with Gasteiger partial charge >= 0.3 is 220 Å². The number of furan rings is 1. The fourth-order valence-electron chi connectivity index (χ4n) is 5.71. The maximum atomic E-state index is 5.49. The van der Waals surface area contributed by atoms with Crippen molar-refractivity contribution in [3.8, 4) is 11.1 Å². The second kappa shape index (κ2) is 11.0. The predicted octanol–water partition coefficient (Wildman–Crippen LogP) is 3.15. The molecule has 2 aliphatic rings. The number of hydrogen-bond donors (Lipinski definition) is 0. The number of rotatable bonds is 3. The summed E-state index contributed by atoms with van der Waals surface area (Å²) >= 11 is -2.28. The summed E-state index contributed by atoms with van der Waals surface area (Å²) in [4.78, 5) is 0. The van der Waals surface area contributed by atoms with Gasteiger partial charge in [0.1, 0.15) is 0 Å². The average molecular weight is 613 g/mol. The van der Waals surface area contributed by atoms with Gasteiger partial charge in [-0.15, -0.1) is 0 Å². The van der Waals surface area contributed by atoms with E-state index in [2.05, 4.69) is 110 Å². The van der Waals surface area contributed by atoms with Crippen molar-refractivity contribution in [1.82, 2.24) is 0 Å². The van der Waals surface area contributed by atoms with Gasteiger partial charge in [-0.1, -0.05) is 0 Å². The third kappa shape index (κ3) is 5.50. The molecule has 194 valence electrons. The fraction of sp³-hybridized carbons (Fsp3) is 0.364. The molecule has 3 aromatic rings. The van der Waals surface area contributed by atoms with Gasteiger partial charge < -0.3 is 24.8 Å². The molecule has 1 nitrogen and oxygen atoms in total. The van der Waals surface area contributed by atoms with Crippen LogP contribution < -0.4 is 24.8 Å². The van der Waals surface area contributed by atoms with E-state index in [1.165, 1.54) is 33.4 Å². The van der Waals surface area contributed by atoms with Gasteiger partial charge in [-0.3, -0.25) is 0 Å². The number of allylic oxidation sites excluding steroid dienone is 4. The third-order valence-electron chi connectivity index (χ3n) is 7.67. The van der Waals surface area contributed by atoms with Crippen molar-refractivity contribution in [1.29, 1.82) is 0 Å². The van der Waals surface area contributed by atoms with Crippen LogP contribution in [0.5, 0.6) is 0 Å². The second-order valence-corrected chi connectivity index (χ2v) is 19.9. The van der Waals surface area contributed by atoms with Crippen LogP contribution in [-0.4, -0.2) is 3.21 Å². The predicted molar refractivity (Wildman–Crippen MR) is 147 cm³/mol. The Morgan fingerprint density at radius 1 is 0.811 bits per heavy atom. The topological polar surface area (TPSA) is 13.1 Å². The van der Waals surface area contributed by atoms with Crippen LogP contribution in [0.3, 0.4) is 0 Å². The molecule has 1 heterocycles. The van der Waals surface area contributed by atoms with Crippen LogP contribution in [0.15, 0.2) is 74.8 Å². The third-order valence-corrected chi connectivity index (χ3v) is 16.0. The minimum Gasteiger partial charge on any atom is -1.00 e. The maximum Gasteiger partial charge on any atom is -1.00 e. The molecule has 0 unspecified atom stereocenters. The van der Waals surface area contributed by atoms with Crippen molar-refractivity contribution in [2.45, 2.75) is 76.3 Å². The summed E-state index contributed by atoms with van der Waals surface area (Å²) < 4.78 is 9.38. The first-order chi connectivity index (χ1) is 16.5. The van der Waals surface area contributed by atoms with Crippen LogP contribution in [0.4, 0.5) is 0 Å². The molecule has 0 saturated heterocycles. The molecule has 0 saturated carbocycles. The second-order valence-electron chi connectivity index (χ2n) is 12.5. The molecule has 37 heavy (non-hydrogen) atoms. The van der Waals surface area contributed by atoms with Crippen molar-refractivity contribution in [2.75, 3.05) is 0 Å². The Bertz CT molecular complexity index is 1330. The summed E-state index contributed by atoms with van der Waals surface area (Å²) in [6.45, 7) is 18.7. The summed E-state index contributed by atoms with van der Waals surface area (Å²) in [5.74, 6) is 0. The summed E-state index contributed by atoms with van der Waals surface area (Å²) in [7, 11) is 0. The minimum absolute atomic E-state index is 0. The van der Waals surface area contributed by atoms with Gasteiger partial charge in [0.2, 0.25) is 0 Å². The van der Waals surface area contributed by atoms with E-state index in [4.69, 9.17) is 4.42 Å². The van der Waals surface area contributed by atoms with Gasteiger partial charge in [-0.05, 0) is 0 Å². The molecule has 2 aromatic carbocycles. The van der Waals surface area contributed by atoms with Gasteiger partial charge in [-0.25, -0.2) is 0 Å². The molecule has 0 spiro atoms. The molecule has 5 rings (SSSR count). The smallest absolute Gasteiger partial charge is 1.00 e. The number of halogens is 2. The Morgan fingerprint density at radius 2 is 1.35 bits per heavy atom. The first kappa shape index (κ1) is 30.1. The van der Waals surface area contributed by atoms with Crippen molar-refractivity contribution in [3.63, 3.8) is 0 Å². The molecule has 0 atom stereocenters. The molecule has 4 heteroatoms. The van der Waals surface area contributed by atoms with Crippen LogP contribution in [-0.2, 0) is 32.1 Å². The SMILES string of the molecule is C[C](C)=[Zr+2]([C]1=C(c2ccoc2)C=CC1)[CH]1c2ccc(C(C)(C)C)cc2-c2cc(C(C)(C)C)ccc21.[Cl-].[Cl-]. The quantitative estimate of drug-likeness (QED) is 0.443. The minimum atomic E-state index is -2.28. The molecular formula is C33H38Cl2OZr. The van der Waals surface area contributed by atoms with E-state index in [0.29, 0.717) is 3.63 Å². The summed E-state index contributed by atoms with van der Waals surface area (Å²) in [6, 6.07) is 16.9. The molecule has 0 aliphatic heterocycles. The zero-order valence-corrected chi connectivity index (χ0v) is 27.3. The van der Waals surface area contributed by atoms with E-state index in [9.17, 15) is 0 Å². The number of benzene rings is 2. The Hall–Kier alpha value is -1.47.